The summed E-state index contributed by atoms with van der Waals surface area (Å²) in [6.07, 6.45) is -0.934. The summed E-state index contributed by atoms with van der Waals surface area (Å²) >= 11 is 1.23. The first kappa shape index (κ1) is 26.0. The topological polar surface area (TPSA) is 183 Å². The van der Waals surface area contributed by atoms with Gasteiger partial charge in [-0.25, -0.2) is 14.4 Å². The summed E-state index contributed by atoms with van der Waals surface area (Å²) < 4.78 is 5.02. The standard InChI is InChI=1S/C22H25N3O9S/c26-9-13-11-35-19-16(18(28)25(19)17(13)21(31)32)24-15(27)8-4-7-14(20(29)30)23-22(33)34-10-12-5-2-1-3-6-12/h1-3,5-6,14,16,19,26H,4,7-11H2,(H,23,33)(H,24,27)(H,29,30)(H,31,32)/t14-,16-,19-/m1/s1. The highest BCUT2D eigenvalue weighted by Gasteiger charge is 2.54. The van der Waals surface area contributed by atoms with E-state index < -0.39 is 53.9 Å². The zero-order chi connectivity index (χ0) is 25.5. The van der Waals surface area contributed by atoms with Crippen molar-refractivity contribution in [1.82, 2.24) is 15.5 Å². The summed E-state index contributed by atoms with van der Waals surface area (Å²) in [7, 11) is 0. The first-order valence-electron chi connectivity index (χ1n) is 10.7. The lowest BCUT2D eigenvalue weighted by Gasteiger charge is -2.49. The van der Waals surface area contributed by atoms with Gasteiger partial charge in [0, 0.05) is 12.2 Å². The maximum atomic E-state index is 12.4. The van der Waals surface area contributed by atoms with Crippen LogP contribution in [0, 0.1) is 0 Å². The molecule has 35 heavy (non-hydrogen) atoms. The number of hydrogen-bond donors (Lipinski definition) is 5. The van der Waals surface area contributed by atoms with Crippen LogP contribution in [0.15, 0.2) is 41.6 Å². The number of fused-ring (bicyclic) bond motifs is 1. The number of carboxylic acids is 2. The molecule has 5 N–H and O–H groups in total. The molecular weight excluding hydrogens is 482 g/mol. The van der Waals surface area contributed by atoms with E-state index in [1.54, 1.807) is 24.3 Å². The van der Waals surface area contributed by atoms with E-state index in [9.17, 15) is 39.3 Å². The number of aliphatic hydroxyl groups excluding tert-OH is 1. The van der Waals surface area contributed by atoms with Gasteiger partial charge in [-0.3, -0.25) is 14.5 Å². The molecule has 0 aromatic heterocycles. The van der Waals surface area contributed by atoms with Crippen molar-refractivity contribution in [2.24, 2.45) is 0 Å². The summed E-state index contributed by atoms with van der Waals surface area (Å²) in [6, 6.07) is 6.69. The fourth-order valence-corrected chi connectivity index (χ4v) is 5.02. The quantitative estimate of drug-likeness (QED) is 0.261. The fraction of sp³-hybridized carbons (Fsp3) is 0.409. The van der Waals surface area contributed by atoms with Crippen LogP contribution in [0.5, 0.6) is 0 Å². The first-order valence-corrected chi connectivity index (χ1v) is 11.8. The Hall–Kier alpha value is -3.58. The second kappa shape index (κ2) is 11.7. The molecule has 2 aliphatic heterocycles. The highest BCUT2D eigenvalue weighted by atomic mass is 32.2. The number of amides is 3. The minimum absolute atomic E-state index is 0.0222. The van der Waals surface area contributed by atoms with Gasteiger partial charge in [0.1, 0.15) is 29.8 Å². The van der Waals surface area contributed by atoms with Crippen molar-refractivity contribution in [2.75, 3.05) is 12.4 Å². The Morgan fingerprint density at radius 2 is 1.89 bits per heavy atom. The van der Waals surface area contributed by atoms with Crippen molar-refractivity contribution < 1.29 is 44.0 Å². The lowest BCUT2D eigenvalue weighted by molar-refractivity contribution is -0.150. The van der Waals surface area contributed by atoms with Crippen LogP contribution in [-0.2, 0) is 30.5 Å². The predicted molar refractivity (Wildman–Crippen MR) is 122 cm³/mol. The molecule has 3 atom stereocenters. The molecule has 0 unspecified atom stereocenters. The number of aliphatic hydroxyl groups is 1. The third-order valence-corrected chi connectivity index (χ3v) is 6.80. The Bertz CT molecular complexity index is 1030. The molecule has 188 valence electrons. The first-order chi connectivity index (χ1) is 16.7. The van der Waals surface area contributed by atoms with E-state index in [-0.39, 0.29) is 42.9 Å². The second-order valence-electron chi connectivity index (χ2n) is 7.86. The zero-order valence-corrected chi connectivity index (χ0v) is 19.3. The highest BCUT2D eigenvalue weighted by molar-refractivity contribution is 8.00. The molecule has 0 aliphatic carbocycles. The molecule has 0 radical (unpaired) electrons. The molecule has 1 saturated heterocycles. The van der Waals surface area contributed by atoms with Gasteiger partial charge in [0.15, 0.2) is 0 Å². The molecule has 0 bridgehead atoms. The van der Waals surface area contributed by atoms with Crippen LogP contribution in [0.4, 0.5) is 4.79 Å². The number of β-lactam (4-membered cyclic amide) rings is 1. The molecule has 0 saturated carbocycles. The van der Waals surface area contributed by atoms with E-state index in [2.05, 4.69) is 10.6 Å². The number of aliphatic carboxylic acids is 2. The Morgan fingerprint density at radius 3 is 2.51 bits per heavy atom. The van der Waals surface area contributed by atoms with Gasteiger partial charge in [0.25, 0.3) is 5.91 Å². The van der Waals surface area contributed by atoms with Crippen LogP contribution in [0.25, 0.3) is 0 Å². The lowest BCUT2D eigenvalue weighted by atomic mass is 10.0. The van der Waals surface area contributed by atoms with Crippen LogP contribution < -0.4 is 10.6 Å². The highest BCUT2D eigenvalue weighted by Crippen LogP contribution is 2.40. The van der Waals surface area contributed by atoms with Crippen molar-refractivity contribution in [1.29, 1.82) is 0 Å². The Kier molecular flexibility index (Phi) is 8.71. The van der Waals surface area contributed by atoms with E-state index >= 15 is 0 Å². The number of rotatable bonds is 11. The summed E-state index contributed by atoms with van der Waals surface area (Å²) in [5, 5.41) is 32.3. The fourth-order valence-electron chi connectivity index (χ4n) is 3.68. The van der Waals surface area contributed by atoms with Gasteiger partial charge in [-0.2, -0.15) is 0 Å². The van der Waals surface area contributed by atoms with E-state index in [1.807, 2.05) is 6.07 Å². The molecule has 3 rings (SSSR count). The van der Waals surface area contributed by atoms with Crippen LogP contribution >= 0.6 is 11.8 Å². The second-order valence-corrected chi connectivity index (χ2v) is 8.96. The maximum Gasteiger partial charge on any atom is 0.408 e. The number of ether oxygens (including phenoxy) is 1. The third kappa shape index (κ3) is 6.31. The molecule has 3 amide bonds. The summed E-state index contributed by atoms with van der Waals surface area (Å²) in [6.45, 7) is -0.508. The van der Waals surface area contributed by atoms with Crippen LogP contribution in [0.2, 0.25) is 0 Å². The van der Waals surface area contributed by atoms with Crippen LogP contribution in [0.3, 0.4) is 0 Å². The van der Waals surface area contributed by atoms with Crippen LogP contribution in [-0.4, -0.2) is 79.9 Å². The van der Waals surface area contributed by atoms with Crippen molar-refractivity contribution in [2.45, 2.75) is 43.3 Å². The molecule has 12 nitrogen and oxygen atoms in total. The number of carbonyl (C=O) groups excluding carboxylic acids is 3. The van der Waals surface area contributed by atoms with Gasteiger partial charge in [0.05, 0.1) is 6.61 Å². The van der Waals surface area contributed by atoms with Gasteiger partial charge in [0.2, 0.25) is 5.91 Å². The van der Waals surface area contributed by atoms with Crippen molar-refractivity contribution in [3.05, 3.63) is 47.2 Å². The Morgan fingerprint density at radius 1 is 1.17 bits per heavy atom. The lowest BCUT2D eigenvalue weighted by Crippen LogP contribution is -2.70. The average molecular weight is 508 g/mol. The summed E-state index contributed by atoms with van der Waals surface area (Å²) in [4.78, 5) is 60.7. The van der Waals surface area contributed by atoms with E-state index in [4.69, 9.17) is 4.74 Å². The number of alkyl carbamates (subject to hydrolysis) is 1. The molecular formula is C22H25N3O9S. The predicted octanol–water partition coefficient (Wildman–Crippen LogP) is 0.267. The maximum absolute atomic E-state index is 12.4. The van der Waals surface area contributed by atoms with Crippen LogP contribution in [0.1, 0.15) is 24.8 Å². The number of nitrogens with one attached hydrogen (secondary N) is 2. The molecule has 13 heteroatoms. The minimum atomic E-state index is -1.33. The van der Waals surface area contributed by atoms with Gasteiger partial charge < -0.3 is 30.7 Å². The molecule has 1 aromatic carbocycles. The Labute approximate surface area is 204 Å². The number of hydrogen-bond acceptors (Lipinski definition) is 8. The monoisotopic (exact) mass is 507 g/mol. The van der Waals surface area contributed by atoms with Crippen molar-refractivity contribution >= 4 is 41.6 Å². The van der Waals surface area contributed by atoms with E-state index in [1.165, 1.54) is 11.8 Å². The smallest absolute Gasteiger partial charge is 0.408 e. The number of nitrogens with zero attached hydrogens (tertiary/aromatic N) is 1. The van der Waals surface area contributed by atoms with E-state index in [0.717, 1.165) is 10.5 Å². The van der Waals surface area contributed by atoms with Gasteiger partial charge in [-0.1, -0.05) is 30.3 Å². The largest absolute Gasteiger partial charge is 0.480 e. The Balaban J connectivity index is 1.44. The van der Waals surface area contributed by atoms with Crippen molar-refractivity contribution in [3.8, 4) is 0 Å². The number of benzene rings is 1. The summed E-state index contributed by atoms with van der Waals surface area (Å²) in [5.74, 6) is -3.49. The number of carboxylic acid groups (broad SMARTS) is 2. The van der Waals surface area contributed by atoms with E-state index in [0.29, 0.717) is 0 Å². The van der Waals surface area contributed by atoms with Gasteiger partial charge >= 0.3 is 18.0 Å². The molecule has 2 aliphatic rings. The molecule has 0 spiro atoms. The third-order valence-electron chi connectivity index (χ3n) is 5.46. The zero-order valence-electron chi connectivity index (χ0n) is 18.5. The average Bonchev–Trinajstić information content (AvgIpc) is 2.84. The number of carbonyl (C=O) groups is 5. The normalized spacial score (nSPS) is 19.8. The number of thioether (sulfide) groups is 1. The SMILES string of the molecule is O=C(CCC[C@@H](NC(=O)OCc1ccccc1)C(=O)O)N[C@@H]1C(=O)N2C(C(=O)O)=C(CO)CS[C@H]12. The van der Waals surface area contributed by atoms with Crippen molar-refractivity contribution in [3.63, 3.8) is 0 Å². The minimum Gasteiger partial charge on any atom is -0.480 e. The summed E-state index contributed by atoms with van der Waals surface area (Å²) in [5.41, 5.74) is 0.706. The van der Waals surface area contributed by atoms with Gasteiger partial charge in [-0.15, -0.1) is 11.8 Å². The molecule has 1 aromatic rings. The molecule has 1 fully saturated rings. The molecule has 2 heterocycles. The van der Waals surface area contributed by atoms with Gasteiger partial charge in [-0.05, 0) is 24.0 Å².